The van der Waals surface area contributed by atoms with Crippen LogP contribution >= 0.6 is 11.3 Å². The number of carbonyl (C=O) groups is 1. The van der Waals surface area contributed by atoms with Gasteiger partial charge in [-0.25, -0.2) is 19.3 Å². The third-order valence-electron chi connectivity index (χ3n) is 4.72. The van der Waals surface area contributed by atoms with E-state index < -0.39 is 0 Å². The summed E-state index contributed by atoms with van der Waals surface area (Å²) in [7, 11) is 1.82. The number of anilines is 1. The van der Waals surface area contributed by atoms with E-state index in [1.165, 1.54) is 23.5 Å². The van der Waals surface area contributed by atoms with Crippen LogP contribution in [-0.2, 0) is 6.54 Å². The first-order valence-electron chi connectivity index (χ1n) is 9.71. The zero-order valence-corrected chi connectivity index (χ0v) is 17.7. The fraction of sp³-hybridized carbons (Fsp3) is 0.182. The van der Waals surface area contributed by atoms with Crippen molar-refractivity contribution in [3.8, 4) is 11.3 Å². The van der Waals surface area contributed by atoms with Gasteiger partial charge in [-0.05, 0) is 42.9 Å². The molecule has 2 aromatic carbocycles. The minimum atomic E-state index is -0.323. The normalized spacial score (nSPS) is 11.0. The van der Waals surface area contributed by atoms with Crippen LogP contribution in [0.4, 0.5) is 10.3 Å². The van der Waals surface area contributed by atoms with Crippen LogP contribution in [0, 0.1) is 5.82 Å². The van der Waals surface area contributed by atoms with Crippen LogP contribution in [-0.4, -0.2) is 45.9 Å². The number of nitrogens with one attached hydrogen (secondary N) is 1. The summed E-state index contributed by atoms with van der Waals surface area (Å²) in [4.78, 5) is 27.6. The number of carbonyl (C=O) groups excluding carboxylic acids is 1. The molecule has 2 aromatic heterocycles. The van der Waals surface area contributed by atoms with Gasteiger partial charge in [0, 0.05) is 31.4 Å². The maximum absolute atomic E-state index is 13.6. The van der Waals surface area contributed by atoms with Crippen molar-refractivity contribution >= 4 is 33.4 Å². The zero-order chi connectivity index (χ0) is 21.8. The molecule has 0 spiro atoms. The molecule has 0 unspecified atom stereocenters. The molecule has 0 atom stereocenters. The van der Waals surface area contributed by atoms with Crippen LogP contribution in [0.2, 0.25) is 0 Å². The summed E-state index contributed by atoms with van der Waals surface area (Å²) in [6.07, 6.45) is 1.61. The maximum atomic E-state index is 13.6. The van der Waals surface area contributed by atoms with Gasteiger partial charge in [0.2, 0.25) is 5.95 Å². The van der Waals surface area contributed by atoms with Gasteiger partial charge in [-0.1, -0.05) is 18.2 Å². The average Bonchev–Trinajstić information content (AvgIpc) is 3.19. The van der Waals surface area contributed by atoms with E-state index in [4.69, 9.17) is 5.73 Å². The smallest absolute Gasteiger partial charge is 0.283 e. The summed E-state index contributed by atoms with van der Waals surface area (Å²) < 4.78 is 14.5. The van der Waals surface area contributed by atoms with E-state index in [1.54, 1.807) is 29.3 Å². The average molecular weight is 437 g/mol. The summed E-state index contributed by atoms with van der Waals surface area (Å²) >= 11 is 1.32. The second kappa shape index (κ2) is 9.15. The molecule has 158 valence electrons. The Labute approximate surface area is 182 Å². The van der Waals surface area contributed by atoms with Gasteiger partial charge in [0.15, 0.2) is 5.01 Å². The Bertz CT molecular complexity index is 1230. The number of likely N-dealkylation sites (N-methyl/N-ethyl adjacent to an activating group) is 1. The third-order valence-corrected chi connectivity index (χ3v) is 5.73. The molecule has 0 aliphatic rings. The Balaban J connectivity index is 1.62. The van der Waals surface area contributed by atoms with Crippen molar-refractivity contribution in [1.29, 1.82) is 0 Å². The van der Waals surface area contributed by atoms with Gasteiger partial charge >= 0.3 is 0 Å². The van der Waals surface area contributed by atoms with Crippen LogP contribution in [0.15, 0.2) is 54.7 Å². The van der Waals surface area contributed by atoms with Crippen LogP contribution in [0.5, 0.6) is 0 Å². The van der Waals surface area contributed by atoms with Crippen LogP contribution in [0.3, 0.4) is 0 Å². The molecule has 0 saturated carbocycles. The summed E-state index contributed by atoms with van der Waals surface area (Å²) in [5, 5.41) is 3.44. The van der Waals surface area contributed by atoms with E-state index in [9.17, 15) is 9.18 Å². The number of halogens is 1. The summed E-state index contributed by atoms with van der Waals surface area (Å²) in [6.45, 7) is 1.40. The third kappa shape index (κ3) is 4.84. The lowest BCUT2D eigenvalue weighted by Gasteiger charge is -2.21. The summed E-state index contributed by atoms with van der Waals surface area (Å²) in [5.74, 6) is -0.305. The lowest BCUT2D eigenvalue weighted by Crippen LogP contribution is -2.35. The molecule has 0 aliphatic heterocycles. The highest BCUT2D eigenvalue weighted by Gasteiger charge is 2.20. The number of nitrogen functional groups attached to an aromatic ring is 1. The number of rotatable bonds is 7. The van der Waals surface area contributed by atoms with Gasteiger partial charge in [0.25, 0.3) is 5.91 Å². The Morgan fingerprint density at radius 1 is 1.19 bits per heavy atom. The SMILES string of the molecule is CNCCN(Cc1cccc(F)c1)C(=O)c1nc2ccc(-c3ccnc(N)n3)cc2s1. The zero-order valence-electron chi connectivity index (χ0n) is 16.9. The molecule has 0 aliphatic carbocycles. The number of fused-ring (bicyclic) bond motifs is 1. The van der Waals surface area contributed by atoms with Crippen molar-refractivity contribution in [2.45, 2.75) is 6.54 Å². The number of amides is 1. The standard InChI is InChI=1S/C22H21FN6OS/c1-25-9-10-29(13-14-3-2-4-16(23)11-14)21(30)20-27-18-6-5-15(12-19(18)31-20)17-7-8-26-22(24)28-17/h2-8,11-12,25H,9-10,13H2,1H3,(H2,24,26,28). The van der Waals surface area contributed by atoms with E-state index in [2.05, 4.69) is 20.3 Å². The minimum Gasteiger partial charge on any atom is -0.368 e. The number of thiazole rings is 1. The molecular formula is C22H21FN6OS. The topological polar surface area (TPSA) is 97.0 Å². The van der Waals surface area contributed by atoms with Crippen molar-refractivity contribution in [2.24, 2.45) is 0 Å². The van der Waals surface area contributed by atoms with Crippen LogP contribution < -0.4 is 11.1 Å². The molecule has 0 fully saturated rings. The number of nitrogens with zero attached hydrogens (tertiary/aromatic N) is 4. The molecular weight excluding hydrogens is 415 g/mol. The predicted octanol–water partition coefficient (Wildman–Crippen LogP) is 3.34. The van der Waals surface area contributed by atoms with Gasteiger partial charge < -0.3 is 16.0 Å². The van der Waals surface area contributed by atoms with Crippen molar-refractivity contribution in [2.75, 3.05) is 25.9 Å². The molecule has 1 amide bonds. The highest BCUT2D eigenvalue weighted by molar-refractivity contribution is 7.20. The molecule has 9 heteroatoms. The second-order valence-electron chi connectivity index (χ2n) is 6.96. The van der Waals surface area contributed by atoms with Crippen molar-refractivity contribution < 1.29 is 9.18 Å². The van der Waals surface area contributed by atoms with Crippen LogP contribution in [0.1, 0.15) is 15.4 Å². The van der Waals surface area contributed by atoms with Gasteiger partial charge in [-0.2, -0.15) is 0 Å². The lowest BCUT2D eigenvalue weighted by molar-refractivity contribution is 0.0745. The van der Waals surface area contributed by atoms with E-state index in [-0.39, 0.29) is 17.7 Å². The Hall–Kier alpha value is -3.43. The molecule has 31 heavy (non-hydrogen) atoms. The molecule has 4 aromatic rings. The van der Waals surface area contributed by atoms with Gasteiger partial charge in [-0.3, -0.25) is 4.79 Å². The number of nitrogens with two attached hydrogens (primary N) is 1. The van der Waals surface area contributed by atoms with E-state index in [0.717, 1.165) is 21.3 Å². The van der Waals surface area contributed by atoms with Gasteiger partial charge in [0.05, 0.1) is 15.9 Å². The Morgan fingerprint density at radius 3 is 2.84 bits per heavy atom. The first-order valence-corrected chi connectivity index (χ1v) is 10.5. The monoisotopic (exact) mass is 436 g/mol. The van der Waals surface area contributed by atoms with E-state index in [1.807, 2.05) is 25.2 Å². The highest BCUT2D eigenvalue weighted by atomic mass is 32.1. The van der Waals surface area contributed by atoms with E-state index in [0.29, 0.717) is 30.3 Å². The van der Waals surface area contributed by atoms with Gasteiger partial charge in [0.1, 0.15) is 5.82 Å². The van der Waals surface area contributed by atoms with Crippen molar-refractivity contribution in [3.63, 3.8) is 0 Å². The number of hydrogen-bond donors (Lipinski definition) is 2. The number of aromatic nitrogens is 3. The summed E-state index contributed by atoms with van der Waals surface area (Å²) in [5.41, 5.74) is 8.73. The molecule has 0 radical (unpaired) electrons. The molecule has 0 saturated heterocycles. The minimum absolute atomic E-state index is 0.187. The number of benzene rings is 2. The second-order valence-corrected chi connectivity index (χ2v) is 7.99. The van der Waals surface area contributed by atoms with Crippen LogP contribution in [0.25, 0.3) is 21.5 Å². The van der Waals surface area contributed by atoms with Gasteiger partial charge in [-0.15, -0.1) is 11.3 Å². The first-order chi connectivity index (χ1) is 15.0. The first kappa shape index (κ1) is 20.8. The molecule has 7 nitrogen and oxygen atoms in total. The Morgan fingerprint density at radius 2 is 2.06 bits per heavy atom. The lowest BCUT2D eigenvalue weighted by atomic mass is 10.1. The largest absolute Gasteiger partial charge is 0.368 e. The van der Waals surface area contributed by atoms with Crippen molar-refractivity contribution in [1.82, 2.24) is 25.2 Å². The fourth-order valence-corrected chi connectivity index (χ4v) is 4.17. The quantitative estimate of drug-likeness (QED) is 0.461. The fourth-order valence-electron chi connectivity index (χ4n) is 3.20. The highest BCUT2D eigenvalue weighted by Crippen LogP contribution is 2.28. The molecule has 2 heterocycles. The summed E-state index contributed by atoms with van der Waals surface area (Å²) in [6, 6.07) is 13.8. The molecule has 0 bridgehead atoms. The molecule has 3 N–H and O–H groups in total. The molecule has 4 rings (SSSR count). The van der Waals surface area contributed by atoms with E-state index >= 15 is 0 Å². The number of hydrogen-bond acceptors (Lipinski definition) is 7. The Kier molecular flexibility index (Phi) is 6.15. The maximum Gasteiger partial charge on any atom is 0.283 e. The predicted molar refractivity (Wildman–Crippen MR) is 120 cm³/mol. The van der Waals surface area contributed by atoms with Crippen molar-refractivity contribution in [3.05, 3.63) is 71.1 Å².